The van der Waals surface area contributed by atoms with Crippen LogP contribution in [0.25, 0.3) is 5.69 Å². The molecule has 3 rings (SSSR count). The van der Waals surface area contributed by atoms with Gasteiger partial charge in [-0.1, -0.05) is 47.7 Å². The molecule has 0 aliphatic carbocycles. The summed E-state index contributed by atoms with van der Waals surface area (Å²) >= 11 is 6.65. The first-order valence-corrected chi connectivity index (χ1v) is 9.22. The lowest BCUT2D eigenvalue weighted by molar-refractivity contribution is 0.0955. The zero-order valence-electron chi connectivity index (χ0n) is 14.5. The van der Waals surface area contributed by atoms with Crippen LogP contribution < -0.4 is 15.8 Å². The number of carbonyl (C=O) groups is 1. The van der Waals surface area contributed by atoms with Crippen LogP contribution in [0.15, 0.2) is 48.5 Å². The molecular weight excluding hydrogens is 366 g/mol. The molecule has 7 heteroatoms. The van der Waals surface area contributed by atoms with Gasteiger partial charge in [0, 0.05) is 12.1 Å². The summed E-state index contributed by atoms with van der Waals surface area (Å²) in [5.74, 6) is 0.828. The van der Waals surface area contributed by atoms with Crippen LogP contribution in [0.1, 0.15) is 20.8 Å². The summed E-state index contributed by atoms with van der Waals surface area (Å²) in [6.45, 7) is 2.33. The molecule has 0 spiro atoms. The fourth-order valence-electron chi connectivity index (χ4n) is 2.70. The maximum Gasteiger partial charge on any atom is 0.265 e. The number of anilines is 1. The monoisotopic (exact) mass is 385 g/mol. The molecule has 3 aromatic rings. The number of thiazole rings is 1. The van der Waals surface area contributed by atoms with Crippen molar-refractivity contribution in [2.75, 3.05) is 12.8 Å². The average Bonchev–Trinajstić information content (AvgIpc) is 2.95. The van der Waals surface area contributed by atoms with E-state index in [1.807, 2.05) is 55.5 Å². The third kappa shape index (κ3) is 3.49. The summed E-state index contributed by atoms with van der Waals surface area (Å²) in [5, 5.41) is 2.89. The number of hydrogen-bond donors (Lipinski definition) is 2. The zero-order valence-corrected chi connectivity index (χ0v) is 16.1. The molecule has 5 nitrogen and oxygen atoms in total. The van der Waals surface area contributed by atoms with Crippen molar-refractivity contribution >= 4 is 35.3 Å². The van der Waals surface area contributed by atoms with E-state index in [0.717, 1.165) is 22.6 Å². The molecule has 0 aliphatic rings. The van der Waals surface area contributed by atoms with Gasteiger partial charge in [0.2, 0.25) is 0 Å². The molecule has 0 bridgehead atoms. The number of hydrogen-bond acceptors (Lipinski definition) is 5. The van der Waals surface area contributed by atoms with Crippen molar-refractivity contribution in [2.24, 2.45) is 0 Å². The number of benzene rings is 2. The second kappa shape index (κ2) is 7.72. The number of carbonyl (C=O) groups excluding carboxylic acids is 1. The Morgan fingerprint density at radius 1 is 1.23 bits per heavy atom. The number of nitrogens with two attached hydrogens (primary N) is 1. The van der Waals surface area contributed by atoms with E-state index in [2.05, 4.69) is 5.32 Å². The summed E-state index contributed by atoms with van der Waals surface area (Å²) in [6, 6.07) is 15.3. The van der Waals surface area contributed by atoms with Crippen LogP contribution in [-0.2, 0) is 6.54 Å². The van der Waals surface area contributed by atoms with E-state index in [1.165, 1.54) is 11.3 Å². The normalized spacial score (nSPS) is 10.5. The Bertz CT molecular complexity index is 1010. The maximum absolute atomic E-state index is 12.6. The highest BCUT2D eigenvalue weighted by atomic mass is 32.1. The van der Waals surface area contributed by atoms with E-state index in [9.17, 15) is 4.79 Å². The number of amides is 1. The van der Waals surface area contributed by atoms with Crippen molar-refractivity contribution in [3.05, 3.63) is 68.5 Å². The van der Waals surface area contributed by atoms with E-state index in [1.54, 1.807) is 11.7 Å². The Balaban J connectivity index is 1.86. The van der Waals surface area contributed by atoms with Crippen molar-refractivity contribution in [1.82, 2.24) is 9.88 Å². The van der Waals surface area contributed by atoms with Crippen molar-refractivity contribution in [1.29, 1.82) is 0 Å². The lowest BCUT2D eigenvalue weighted by Crippen LogP contribution is -2.23. The number of methoxy groups -OCH3 is 1. The zero-order chi connectivity index (χ0) is 18.7. The highest BCUT2D eigenvalue weighted by Crippen LogP contribution is 2.28. The van der Waals surface area contributed by atoms with Crippen LogP contribution in [0, 0.1) is 10.9 Å². The van der Waals surface area contributed by atoms with E-state index < -0.39 is 0 Å². The lowest BCUT2D eigenvalue weighted by atomic mass is 10.2. The van der Waals surface area contributed by atoms with Crippen LogP contribution in [0.2, 0.25) is 0 Å². The van der Waals surface area contributed by atoms with Gasteiger partial charge in [-0.05, 0) is 36.8 Å². The quantitative estimate of drug-likeness (QED) is 0.649. The maximum atomic E-state index is 12.6. The van der Waals surface area contributed by atoms with Gasteiger partial charge in [0.1, 0.15) is 16.4 Å². The molecule has 0 aliphatic heterocycles. The van der Waals surface area contributed by atoms with Crippen molar-refractivity contribution < 1.29 is 9.53 Å². The van der Waals surface area contributed by atoms with Crippen molar-refractivity contribution in [3.63, 3.8) is 0 Å². The Kier molecular flexibility index (Phi) is 5.39. The van der Waals surface area contributed by atoms with Gasteiger partial charge >= 0.3 is 0 Å². The number of para-hydroxylation sites is 2. The van der Waals surface area contributed by atoms with E-state index >= 15 is 0 Å². The van der Waals surface area contributed by atoms with Gasteiger partial charge in [-0.3, -0.25) is 9.36 Å². The highest BCUT2D eigenvalue weighted by molar-refractivity contribution is 7.73. The number of nitrogens with one attached hydrogen (secondary N) is 1. The number of nitrogens with zero attached hydrogens (tertiary/aromatic N) is 1. The van der Waals surface area contributed by atoms with Gasteiger partial charge in [-0.15, -0.1) is 0 Å². The first-order valence-electron chi connectivity index (χ1n) is 8.00. The fourth-order valence-corrected chi connectivity index (χ4v) is 3.97. The van der Waals surface area contributed by atoms with Crippen molar-refractivity contribution in [2.45, 2.75) is 13.5 Å². The lowest BCUT2D eigenvalue weighted by Gasteiger charge is -2.10. The predicted molar refractivity (Wildman–Crippen MR) is 108 cm³/mol. The molecule has 1 heterocycles. The van der Waals surface area contributed by atoms with Gasteiger partial charge in [0.25, 0.3) is 5.91 Å². The molecule has 3 N–H and O–H groups in total. The van der Waals surface area contributed by atoms with E-state index in [-0.39, 0.29) is 5.91 Å². The molecule has 0 radical (unpaired) electrons. The summed E-state index contributed by atoms with van der Waals surface area (Å²) in [7, 11) is 1.60. The van der Waals surface area contributed by atoms with Crippen molar-refractivity contribution in [3.8, 4) is 11.4 Å². The molecular formula is C19H19N3O2S2. The number of aromatic nitrogens is 1. The first-order chi connectivity index (χ1) is 12.5. The van der Waals surface area contributed by atoms with E-state index in [4.69, 9.17) is 22.7 Å². The molecule has 0 saturated heterocycles. The molecule has 0 unspecified atom stereocenters. The molecule has 0 saturated carbocycles. The molecule has 26 heavy (non-hydrogen) atoms. The Morgan fingerprint density at radius 2 is 1.92 bits per heavy atom. The van der Waals surface area contributed by atoms with Gasteiger partial charge in [0.15, 0.2) is 3.95 Å². The molecule has 0 atom stereocenters. The Labute approximate surface area is 161 Å². The molecule has 134 valence electrons. The molecule has 2 aromatic carbocycles. The largest absolute Gasteiger partial charge is 0.496 e. The van der Waals surface area contributed by atoms with E-state index in [0.29, 0.717) is 21.2 Å². The molecule has 0 fully saturated rings. The SMILES string of the molecule is COc1ccccc1CNC(=O)c1sc(=S)n(-c2ccccc2C)c1N. The van der Waals surface area contributed by atoms with Crippen LogP contribution >= 0.6 is 23.6 Å². The molecule has 1 aromatic heterocycles. The standard InChI is InChI=1S/C19H19N3O2S2/c1-12-7-3-5-9-14(12)22-17(20)16(26-19(22)25)18(23)21-11-13-8-4-6-10-15(13)24-2/h3-10H,11,20H2,1-2H3,(H,21,23). The third-order valence-corrected chi connectivity index (χ3v) is 5.43. The minimum atomic E-state index is -0.253. The number of aryl methyl sites for hydroxylation is 1. The molecule has 1 amide bonds. The van der Waals surface area contributed by atoms with Crippen LogP contribution in [0.4, 0.5) is 5.82 Å². The average molecular weight is 386 g/mol. The number of ether oxygens (including phenoxy) is 1. The van der Waals surface area contributed by atoms with Crippen LogP contribution in [0.3, 0.4) is 0 Å². The van der Waals surface area contributed by atoms with Crippen LogP contribution in [-0.4, -0.2) is 17.6 Å². The highest BCUT2D eigenvalue weighted by Gasteiger charge is 2.19. The third-order valence-electron chi connectivity index (χ3n) is 4.04. The first kappa shape index (κ1) is 18.2. The van der Waals surface area contributed by atoms with Gasteiger partial charge in [-0.25, -0.2) is 0 Å². The fraction of sp³-hybridized carbons (Fsp3) is 0.158. The predicted octanol–water partition coefficient (Wildman–Crippen LogP) is 4.10. The Hall–Kier alpha value is -2.64. The van der Waals surface area contributed by atoms with Gasteiger partial charge < -0.3 is 15.8 Å². The second-order valence-electron chi connectivity index (χ2n) is 5.70. The van der Waals surface area contributed by atoms with Gasteiger partial charge in [-0.2, -0.15) is 0 Å². The summed E-state index contributed by atoms with van der Waals surface area (Å²) in [4.78, 5) is 13.0. The summed E-state index contributed by atoms with van der Waals surface area (Å²) < 4.78 is 7.59. The minimum absolute atomic E-state index is 0.253. The topological polar surface area (TPSA) is 69.3 Å². The second-order valence-corrected chi connectivity index (χ2v) is 7.34. The minimum Gasteiger partial charge on any atom is -0.496 e. The van der Waals surface area contributed by atoms with Gasteiger partial charge in [0.05, 0.1) is 12.8 Å². The Morgan fingerprint density at radius 3 is 2.65 bits per heavy atom. The smallest absolute Gasteiger partial charge is 0.265 e. The summed E-state index contributed by atoms with van der Waals surface area (Å²) in [5.41, 5.74) is 9.07. The summed E-state index contributed by atoms with van der Waals surface area (Å²) in [6.07, 6.45) is 0. The number of nitrogen functional groups attached to an aromatic ring is 1. The van der Waals surface area contributed by atoms with Crippen LogP contribution in [0.5, 0.6) is 5.75 Å². The number of rotatable bonds is 5.